The zero-order valence-corrected chi connectivity index (χ0v) is 13.7. The zero-order valence-electron chi connectivity index (χ0n) is 13.7. The zero-order chi connectivity index (χ0) is 16.8. The van der Waals surface area contributed by atoms with Crippen molar-refractivity contribution in [2.45, 2.75) is 13.1 Å². The SMILES string of the molecule is CN=C(NCc1ccc(-n2cccn2)cc1)NCc1ncnn1C. The molecule has 8 nitrogen and oxygen atoms in total. The number of nitrogens with zero attached hydrogens (tertiary/aromatic N) is 6. The Morgan fingerprint density at radius 3 is 2.54 bits per heavy atom. The van der Waals surface area contributed by atoms with E-state index >= 15 is 0 Å². The molecule has 2 aromatic heterocycles. The fourth-order valence-electron chi connectivity index (χ4n) is 2.24. The average Bonchev–Trinajstić information content (AvgIpc) is 3.28. The minimum atomic E-state index is 0.564. The van der Waals surface area contributed by atoms with E-state index in [-0.39, 0.29) is 0 Å². The van der Waals surface area contributed by atoms with E-state index in [1.54, 1.807) is 17.9 Å². The summed E-state index contributed by atoms with van der Waals surface area (Å²) in [6.45, 7) is 1.24. The van der Waals surface area contributed by atoms with Crippen LogP contribution in [0.25, 0.3) is 5.69 Å². The first-order valence-electron chi connectivity index (χ1n) is 7.62. The highest BCUT2D eigenvalue weighted by Gasteiger charge is 2.03. The van der Waals surface area contributed by atoms with E-state index in [1.807, 2.05) is 36.1 Å². The molecule has 1 aromatic carbocycles. The summed E-state index contributed by atoms with van der Waals surface area (Å²) in [6, 6.07) is 10.1. The van der Waals surface area contributed by atoms with Gasteiger partial charge in [-0.25, -0.2) is 9.67 Å². The molecule has 0 amide bonds. The van der Waals surface area contributed by atoms with Crippen LogP contribution in [0.5, 0.6) is 0 Å². The van der Waals surface area contributed by atoms with E-state index in [1.165, 1.54) is 6.33 Å². The number of aryl methyl sites for hydroxylation is 1. The Kier molecular flexibility index (Phi) is 4.85. The summed E-state index contributed by atoms with van der Waals surface area (Å²) >= 11 is 0. The molecule has 0 fully saturated rings. The van der Waals surface area contributed by atoms with Crippen LogP contribution in [0.2, 0.25) is 0 Å². The molecule has 0 saturated carbocycles. The monoisotopic (exact) mass is 324 g/mol. The standard InChI is InChI=1S/C16H20N8/c1-17-16(19-11-15-20-12-22-23(15)2)18-10-13-4-6-14(7-5-13)24-9-3-8-21-24/h3-9,12H,10-11H2,1-2H3,(H2,17,18,19). The van der Waals surface area contributed by atoms with Crippen LogP contribution in [0.15, 0.2) is 54.0 Å². The molecule has 0 unspecified atom stereocenters. The summed E-state index contributed by atoms with van der Waals surface area (Å²) < 4.78 is 3.56. The molecule has 0 aliphatic rings. The van der Waals surface area contributed by atoms with Gasteiger partial charge in [0.1, 0.15) is 12.2 Å². The maximum atomic E-state index is 4.22. The number of aromatic nitrogens is 5. The van der Waals surface area contributed by atoms with E-state index in [2.05, 4.69) is 42.9 Å². The molecule has 0 spiro atoms. The third-order valence-corrected chi connectivity index (χ3v) is 3.61. The Hall–Kier alpha value is -3.16. The van der Waals surface area contributed by atoms with Crippen molar-refractivity contribution in [2.24, 2.45) is 12.0 Å². The van der Waals surface area contributed by atoms with E-state index in [9.17, 15) is 0 Å². The van der Waals surface area contributed by atoms with Gasteiger partial charge in [0, 0.05) is 33.0 Å². The lowest BCUT2D eigenvalue weighted by molar-refractivity contribution is 0.672. The molecule has 0 saturated heterocycles. The summed E-state index contributed by atoms with van der Waals surface area (Å²) in [5.41, 5.74) is 2.20. The van der Waals surface area contributed by atoms with Gasteiger partial charge in [0.25, 0.3) is 0 Å². The van der Waals surface area contributed by atoms with Gasteiger partial charge in [-0.05, 0) is 23.8 Å². The molecule has 0 bridgehead atoms. The summed E-state index contributed by atoms with van der Waals surface area (Å²) in [6.07, 6.45) is 5.22. The maximum Gasteiger partial charge on any atom is 0.191 e. The first kappa shape index (κ1) is 15.7. The Bertz CT molecular complexity index is 786. The van der Waals surface area contributed by atoms with Crippen molar-refractivity contribution < 1.29 is 0 Å². The highest BCUT2D eigenvalue weighted by molar-refractivity contribution is 5.79. The van der Waals surface area contributed by atoms with Crippen LogP contribution in [-0.4, -0.2) is 37.6 Å². The van der Waals surface area contributed by atoms with Crippen LogP contribution >= 0.6 is 0 Å². The van der Waals surface area contributed by atoms with Crippen LogP contribution in [0, 0.1) is 0 Å². The lowest BCUT2D eigenvalue weighted by atomic mass is 10.2. The molecule has 0 aliphatic carbocycles. The Balaban J connectivity index is 1.53. The summed E-state index contributed by atoms with van der Waals surface area (Å²) in [5, 5.41) is 14.8. The van der Waals surface area contributed by atoms with Crippen molar-refractivity contribution in [3.05, 3.63) is 60.4 Å². The van der Waals surface area contributed by atoms with Crippen LogP contribution in [0.3, 0.4) is 0 Å². The van der Waals surface area contributed by atoms with Crippen molar-refractivity contribution in [3.8, 4) is 5.69 Å². The van der Waals surface area contributed by atoms with E-state index < -0.39 is 0 Å². The molecule has 124 valence electrons. The molecule has 3 aromatic rings. The molecule has 0 aliphatic heterocycles. The second kappa shape index (κ2) is 7.40. The predicted octanol–water partition coefficient (Wildman–Crippen LogP) is 0.866. The van der Waals surface area contributed by atoms with Crippen molar-refractivity contribution in [1.29, 1.82) is 0 Å². The lowest BCUT2D eigenvalue weighted by Gasteiger charge is -2.12. The topological polar surface area (TPSA) is 84.9 Å². The van der Waals surface area contributed by atoms with Crippen molar-refractivity contribution in [2.75, 3.05) is 7.05 Å². The first-order chi connectivity index (χ1) is 11.8. The Morgan fingerprint density at radius 2 is 1.92 bits per heavy atom. The van der Waals surface area contributed by atoms with Crippen LogP contribution in [0.4, 0.5) is 0 Å². The summed E-state index contributed by atoms with van der Waals surface area (Å²) in [4.78, 5) is 8.39. The third-order valence-electron chi connectivity index (χ3n) is 3.61. The molecule has 3 rings (SSSR count). The molecule has 2 N–H and O–H groups in total. The minimum Gasteiger partial charge on any atom is -0.352 e. The maximum absolute atomic E-state index is 4.22. The van der Waals surface area contributed by atoms with Gasteiger partial charge in [-0.1, -0.05) is 12.1 Å². The number of hydrogen-bond acceptors (Lipinski definition) is 4. The number of benzene rings is 1. The fraction of sp³-hybridized carbons (Fsp3) is 0.250. The number of aliphatic imine (C=N–C) groups is 1. The van der Waals surface area contributed by atoms with Crippen molar-refractivity contribution in [1.82, 2.24) is 35.2 Å². The molecule has 8 heteroatoms. The average molecular weight is 324 g/mol. The Morgan fingerprint density at radius 1 is 1.12 bits per heavy atom. The second-order valence-corrected chi connectivity index (χ2v) is 5.20. The van der Waals surface area contributed by atoms with Gasteiger partial charge in [-0.3, -0.25) is 9.67 Å². The molecule has 0 atom stereocenters. The second-order valence-electron chi connectivity index (χ2n) is 5.20. The van der Waals surface area contributed by atoms with Gasteiger partial charge >= 0.3 is 0 Å². The smallest absolute Gasteiger partial charge is 0.191 e. The number of guanidine groups is 1. The highest BCUT2D eigenvalue weighted by atomic mass is 15.3. The quantitative estimate of drug-likeness (QED) is 0.537. The predicted molar refractivity (Wildman–Crippen MR) is 91.6 cm³/mol. The van der Waals surface area contributed by atoms with Gasteiger partial charge in [0.2, 0.25) is 0 Å². The molecular formula is C16H20N8. The van der Waals surface area contributed by atoms with Gasteiger partial charge < -0.3 is 10.6 Å². The summed E-state index contributed by atoms with van der Waals surface area (Å²) in [5.74, 6) is 1.57. The Labute approximate surface area is 140 Å². The van der Waals surface area contributed by atoms with Gasteiger partial charge in [0.05, 0.1) is 12.2 Å². The third kappa shape index (κ3) is 3.78. The normalized spacial score (nSPS) is 11.5. The van der Waals surface area contributed by atoms with Crippen LogP contribution in [-0.2, 0) is 20.1 Å². The number of hydrogen-bond donors (Lipinski definition) is 2. The van der Waals surface area contributed by atoms with E-state index in [4.69, 9.17) is 0 Å². The fourth-order valence-corrected chi connectivity index (χ4v) is 2.24. The lowest BCUT2D eigenvalue weighted by Crippen LogP contribution is -2.36. The van der Waals surface area contributed by atoms with E-state index in [0.29, 0.717) is 19.0 Å². The first-order valence-corrected chi connectivity index (χ1v) is 7.62. The number of nitrogens with one attached hydrogen (secondary N) is 2. The summed E-state index contributed by atoms with van der Waals surface area (Å²) in [7, 11) is 3.61. The van der Waals surface area contributed by atoms with Crippen molar-refractivity contribution >= 4 is 5.96 Å². The van der Waals surface area contributed by atoms with Gasteiger partial charge in [-0.2, -0.15) is 10.2 Å². The van der Waals surface area contributed by atoms with Gasteiger partial charge in [0.15, 0.2) is 5.96 Å². The minimum absolute atomic E-state index is 0.564. The molecular weight excluding hydrogens is 304 g/mol. The number of rotatable bonds is 5. The molecule has 24 heavy (non-hydrogen) atoms. The highest BCUT2D eigenvalue weighted by Crippen LogP contribution is 2.08. The molecule has 0 radical (unpaired) electrons. The largest absolute Gasteiger partial charge is 0.352 e. The van der Waals surface area contributed by atoms with Crippen molar-refractivity contribution in [3.63, 3.8) is 0 Å². The van der Waals surface area contributed by atoms with E-state index in [0.717, 1.165) is 17.1 Å². The van der Waals surface area contributed by atoms with Crippen LogP contribution < -0.4 is 10.6 Å². The van der Waals surface area contributed by atoms with Crippen LogP contribution in [0.1, 0.15) is 11.4 Å². The molecule has 2 heterocycles. The van der Waals surface area contributed by atoms with Gasteiger partial charge in [-0.15, -0.1) is 0 Å².